The van der Waals surface area contributed by atoms with E-state index in [1.165, 1.54) is 4.31 Å². The predicted molar refractivity (Wildman–Crippen MR) is 121 cm³/mol. The minimum absolute atomic E-state index is 0.0755. The Morgan fingerprint density at radius 3 is 2.19 bits per heavy atom. The maximum atomic E-state index is 12.7. The highest BCUT2D eigenvalue weighted by Gasteiger charge is 2.29. The maximum absolute atomic E-state index is 12.7. The van der Waals surface area contributed by atoms with Gasteiger partial charge in [0.15, 0.2) is 0 Å². The lowest BCUT2D eigenvalue weighted by molar-refractivity contribution is -0.129. The van der Waals surface area contributed by atoms with Crippen molar-refractivity contribution in [2.24, 2.45) is 5.92 Å². The second-order valence-corrected chi connectivity index (χ2v) is 10.1. The van der Waals surface area contributed by atoms with Crippen LogP contribution in [0.25, 0.3) is 0 Å². The van der Waals surface area contributed by atoms with E-state index in [0.29, 0.717) is 6.42 Å². The highest BCUT2D eigenvalue weighted by molar-refractivity contribution is 7.88. The van der Waals surface area contributed by atoms with E-state index in [1.54, 1.807) is 14.0 Å². The Bertz CT molecular complexity index is 801. The van der Waals surface area contributed by atoms with Gasteiger partial charge in [0.2, 0.25) is 21.8 Å². The van der Waals surface area contributed by atoms with Crippen molar-refractivity contribution in [3.8, 4) is 0 Å². The number of carbonyl (C=O) groups excluding carboxylic acids is 2. The second-order valence-electron chi connectivity index (χ2n) is 8.17. The fourth-order valence-corrected chi connectivity index (χ4v) is 4.06. The first-order valence-electron chi connectivity index (χ1n) is 10.4. The summed E-state index contributed by atoms with van der Waals surface area (Å²) in [6, 6.07) is 7.74. The highest BCUT2D eigenvalue weighted by Crippen LogP contribution is 2.11. The van der Waals surface area contributed by atoms with Crippen molar-refractivity contribution >= 4 is 21.8 Å². The smallest absolute Gasteiger partial charge is 0.242 e. The molecule has 4 N–H and O–H groups in total. The minimum Gasteiger partial charge on any atom is -0.390 e. The molecule has 0 bridgehead atoms. The number of rotatable bonds is 13. The molecule has 0 saturated heterocycles. The monoisotopic (exact) mass is 456 g/mol. The van der Waals surface area contributed by atoms with Crippen LogP contribution in [0.5, 0.6) is 0 Å². The van der Waals surface area contributed by atoms with E-state index in [0.717, 1.165) is 11.8 Å². The van der Waals surface area contributed by atoms with E-state index in [1.807, 2.05) is 44.2 Å². The summed E-state index contributed by atoms with van der Waals surface area (Å²) in [5.74, 6) is -0.712. The van der Waals surface area contributed by atoms with Crippen LogP contribution in [0.4, 0.5) is 0 Å². The van der Waals surface area contributed by atoms with Gasteiger partial charge in [0.25, 0.3) is 0 Å². The number of hydrogen-bond donors (Lipinski definition) is 4. The summed E-state index contributed by atoms with van der Waals surface area (Å²) in [4.78, 5) is 24.4. The van der Waals surface area contributed by atoms with Gasteiger partial charge in [0, 0.05) is 13.1 Å². The van der Waals surface area contributed by atoms with Crippen LogP contribution < -0.4 is 16.0 Å². The third kappa shape index (κ3) is 10.2. The number of benzene rings is 1. The summed E-state index contributed by atoms with van der Waals surface area (Å²) >= 11 is 0. The summed E-state index contributed by atoms with van der Waals surface area (Å²) in [6.45, 7) is 5.53. The van der Waals surface area contributed by atoms with Crippen LogP contribution in [-0.4, -0.2) is 80.8 Å². The van der Waals surface area contributed by atoms with Gasteiger partial charge in [-0.15, -0.1) is 0 Å². The Hall–Kier alpha value is -2.01. The fourth-order valence-electron chi connectivity index (χ4n) is 3.07. The molecule has 0 aliphatic heterocycles. The van der Waals surface area contributed by atoms with Crippen LogP contribution in [0, 0.1) is 5.92 Å². The molecule has 3 unspecified atom stereocenters. The van der Waals surface area contributed by atoms with Crippen molar-refractivity contribution in [2.75, 3.05) is 32.9 Å². The van der Waals surface area contributed by atoms with E-state index in [2.05, 4.69) is 16.0 Å². The SMILES string of the molecule is CNCC(=O)NC(C)C(=O)NC(Cc1ccccc1)C(O)CN(CC(C)C)S(C)(=O)=O. The van der Waals surface area contributed by atoms with Crippen molar-refractivity contribution in [1.82, 2.24) is 20.3 Å². The van der Waals surface area contributed by atoms with Crippen LogP contribution in [0.3, 0.4) is 0 Å². The molecule has 0 radical (unpaired) electrons. The number of likely N-dealkylation sites (N-methyl/N-ethyl adjacent to an activating group) is 1. The number of carbonyl (C=O) groups is 2. The molecule has 0 heterocycles. The van der Waals surface area contributed by atoms with Gasteiger partial charge in [-0.2, -0.15) is 4.31 Å². The second kappa shape index (κ2) is 12.7. The van der Waals surface area contributed by atoms with Crippen LogP contribution in [0.2, 0.25) is 0 Å². The molecule has 0 spiro atoms. The van der Waals surface area contributed by atoms with Gasteiger partial charge in [-0.25, -0.2) is 8.42 Å². The van der Waals surface area contributed by atoms with E-state index in [4.69, 9.17) is 0 Å². The molecule has 1 aromatic carbocycles. The average molecular weight is 457 g/mol. The third-order valence-electron chi connectivity index (χ3n) is 4.63. The van der Waals surface area contributed by atoms with Gasteiger partial charge in [-0.1, -0.05) is 44.2 Å². The molecule has 0 saturated carbocycles. The number of aliphatic hydroxyl groups is 1. The molecule has 0 aliphatic carbocycles. The summed E-state index contributed by atoms with van der Waals surface area (Å²) < 4.78 is 25.6. The Morgan fingerprint density at radius 2 is 1.68 bits per heavy atom. The molecule has 1 aromatic rings. The number of aliphatic hydroxyl groups excluding tert-OH is 1. The Kier molecular flexibility index (Phi) is 11.1. The first kappa shape index (κ1) is 27.0. The highest BCUT2D eigenvalue weighted by atomic mass is 32.2. The number of sulfonamides is 1. The topological polar surface area (TPSA) is 128 Å². The molecule has 10 heteroatoms. The van der Waals surface area contributed by atoms with Gasteiger partial charge in [0.05, 0.1) is 24.9 Å². The lowest BCUT2D eigenvalue weighted by Crippen LogP contribution is -2.55. The van der Waals surface area contributed by atoms with Crippen LogP contribution >= 0.6 is 0 Å². The van der Waals surface area contributed by atoms with Gasteiger partial charge < -0.3 is 21.1 Å². The Morgan fingerprint density at radius 1 is 1.06 bits per heavy atom. The van der Waals surface area contributed by atoms with Crippen LogP contribution in [0.15, 0.2) is 30.3 Å². The molecule has 1 rings (SSSR count). The van der Waals surface area contributed by atoms with Crippen molar-refractivity contribution in [2.45, 2.75) is 45.4 Å². The largest absolute Gasteiger partial charge is 0.390 e. The number of hydrogen-bond acceptors (Lipinski definition) is 6. The number of amides is 2. The van der Waals surface area contributed by atoms with Crippen LogP contribution in [-0.2, 0) is 26.0 Å². The summed E-state index contributed by atoms with van der Waals surface area (Å²) in [5, 5.41) is 19.0. The molecule has 31 heavy (non-hydrogen) atoms. The van der Waals surface area contributed by atoms with Gasteiger partial charge >= 0.3 is 0 Å². The van der Waals surface area contributed by atoms with Gasteiger partial charge in [-0.05, 0) is 31.9 Å². The molecule has 3 atom stereocenters. The maximum Gasteiger partial charge on any atom is 0.242 e. The molecule has 0 aromatic heterocycles. The third-order valence-corrected chi connectivity index (χ3v) is 5.86. The Balaban J connectivity index is 2.99. The van der Waals surface area contributed by atoms with Crippen molar-refractivity contribution in [1.29, 1.82) is 0 Å². The predicted octanol–water partition coefficient (Wildman–Crippen LogP) is -0.283. The summed E-state index contributed by atoms with van der Waals surface area (Å²) in [6.07, 6.45) is 0.272. The van der Waals surface area contributed by atoms with E-state index in [9.17, 15) is 23.1 Å². The van der Waals surface area contributed by atoms with Crippen molar-refractivity contribution in [3.63, 3.8) is 0 Å². The zero-order valence-corrected chi connectivity index (χ0v) is 19.8. The molecule has 0 aliphatic rings. The first-order chi connectivity index (χ1) is 14.4. The van der Waals surface area contributed by atoms with E-state index in [-0.39, 0.29) is 31.5 Å². The first-order valence-corrected chi connectivity index (χ1v) is 12.2. The summed E-state index contributed by atoms with van der Waals surface area (Å²) in [7, 11) is -1.91. The zero-order valence-electron chi connectivity index (χ0n) is 19.0. The molecular weight excluding hydrogens is 420 g/mol. The molecule has 2 amide bonds. The molecule has 176 valence electrons. The molecular formula is C21H36N4O5S. The van der Waals surface area contributed by atoms with Crippen molar-refractivity contribution < 1.29 is 23.1 Å². The number of nitrogens with one attached hydrogen (secondary N) is 3. The standard InChI is InChI=1S/C21H36N4O5S/c1-15(2)13-25(31(5,29)30)14-19(26)18(11-17-9-7-6-8-10-17)24-21(28)16(3)23-20(27)12-22-4/h6-10,15-16,18-19,22,26H,11-14H2,1-5H3,(H,23,27)(H,24,28). The van der Waals surface area contributed by atoms with E-state index >= 15 is 0 Å². The van der Waals surface area contributed by atoms with Crippen LogP contribution in [0.1, 0.15) is 26.3 Å². The number of nitrogens with zero attached hydrogens (tertiary/aromatic N) is 1. The van der Waals surface area contributed by atoms with Gasteiger partial charge in [-0.3, -0.25) is 9.59 Å². The van der Waals surface area contributed by atoms with Gasteiger partial charge in [0.1, 0.15) is 6.04 Å². The quantitative estimate of drug-likeness (QED) is 0.323. The fraction of sp³-hybridized carbons (Fsp3) is 0.619. The van der Waals surface area contributed by atoms with Crippen molar-refractivity contribution in [3.05, 3.63) is 35.9 Å². The Labute approximate surface area is 185 Å². The minimum atomic E-state index is -3.53. The average Bonchev–Trinajstić information content (AvgIpc) is 2.66. The normalized spacial score (nSPS) is 14.8. The zero-order chi connectivity index (χ0) is 23.6. The summed E-state index contributed by atoms with van der Waals surface area (Å²) in [5.41, 5.74) is 0.883. The molecule has 9 nitrogen and oxygen atoms in total. The lowest BCUT2D eigenvalue weighted by Gasteiger charge is -2.30. The van der Waals surface area contributed by atoms with E-state index < -0.39 is 34.1 Å². The lowest BCUT2D eigenvalue weighted by atomic mass is 10.0. The molecule has 0 fully saturated rings.